The van der Waals surface area contributed by atoms with E-state index in [2.05, 4.69) is 15.3 Å². The van der Waals surface area contributed by atoms with Crippen molar-refractivity contribution in [2.45, 2.75) is 19.4 Å². The van der Waals surface area contributed by atoms with Crippen LogP contribution in [0.3, 0.4) is 0 Å². The Morgan fingerprint density at radius 2 is 2.00 bits per heavy atom. The zero-order valence-corrected chi connectivity index (χ0v) is 13.3. The first-order valence-electron chi connectivity index (χ1n) is 8.12. The first-order chi connectivity index (χ1) is 11.2. The lowest BCUT2D eigenvalue weighted by atomic mass is 10.2. The molecule has 0 spiro atoms. The molecule has 4 rings (SSSR count). The Balaban J connectivity index is 1.43. The molecule has 2 amide bonds. The van der Waals surface area contributed by atoms with E-state index < -0.39 is 0 Å². The van der Waals surface area contributed by atoms with Crippen molar-refractivity contribution in [3.8, 4) is 5.69 Å². The zero-order chi connectivity index (χ0) is 15.8. The molecule has 1 N–H and O–H groups in total. The fraction of sp³-hybridized carbons (Fsp3) is 0.412. The van der Waals surface area contributed by atoms with Crippen molar-refractivity contribution in [1.29, 1.82) is 0 Å². The summed E-state index contributed by atoms with van der Waals surface area (Å²) in [6, 6.07) is 10.1. The van der Waals surface area contributed by atoms with Gasteiger partial charge in [-0.25, -0.2) is 9.48 Å². The topological polar surface area (TPSA) is 53.4 Å². The van der Waals surface area contributed by atoms with Gasteiger partial charge in [0.1, 0.15) is 0 Å². The zero-order valence-electron chi connectivity index (χ0n) is 13.3. The Morgan fingerprint density at radius 3 is 2.74 bits per heavy atom. The molecule has 0 radical (unpaired) electrons. The Labute approximate surface area is 135 Å². The van der Waals surface area contributed by atoms with Crippen molar-refractivity contribution in [3.05, 3.63) is 42.2 Å². The van der Waals surface area contributed by atoms with Crippen LogP contribution in [0.5, 0.6) is 0 Å². The lowest BCUT2D eigenvalue weighted by molar-refractivity contribution is 0.153. The van der Waals surface area contributed by atoms with Gasteiger partial charge in [0.05, 0.1) is 11.4 Å². The molecule has 2 atom stereocenters. The van der Waals surface area contributed by atoms with E-state index in [1.54, 1.807) is 0 Å². The number of anilines is 1. The number of rotatable bonds is 2. The predicted octanol–water partition coefficient (Wildman–Crippen LogP) is 2.10. The minimum Gasteiger partial charge on any atom is -0.319 e. The molecule has 23 heavy (non-hydrogen) atoms. The number of hydrogen-bond donors (Lipinski definition) is 1. The summed E-state index contributed by atoms with van der Waals surface area (Å²) in [5.74, 6) is 0. The molecule has 2 aliphatic heterocycles. The van der Waals surface area contributed by atoms with E-state index in [4.69, 9.17) is 0 Å². The molecule has 2 bridgehead atoms. The third-order valence-corrected chi connectivity index (χ3v) is 4.71. The molecule has 0 aliphatic carbocycles. The minimum absolute atomic E-state index is 0.0132. The van der Waals surface area contributed by atoms with E-state index >= 15 is 0 Å². The van der Waals surface area contributed by atoms with Gasteiger partial charge < -0.3 is 10.2 Å². The average Bonchev–Trinajstić information content (AvgIpc) is 3.15. The molecule has 6 heteroatoms. The normalized spacial score (nSPS) is 23.1. The van der Waals surface area contributed by atoms with Crippen molar-refractivity contribution >= 4 is 11.7 Å². The van der Waals surface area contributed by atoms with E-state index in [-0.39, 0.29) is 6.03 Å². The smallest absolute Gasteiger partial charge is 0.319 e. The Bertz CT molecular complexity index is 708. The molecule has 0 saturated carbocycles. The second-order valence-electron chi connectivity index (χ2n) is 6.32. The highest BCUT2D eigenvalue weighted by molar-refractivity contribution is 5.89. The maximum Gasteiger partial charge on any atom is 0.322 e. The summed E-state index contributed by atoms with van der Waals surface area (Å²) in [5.41, 5.74) is 2.79. The summed E-state index contributed by atoms with van der Waals surface area (Å²) in [6.07, 6.45) is 3.02. The van der Waals surface area contributed by atoms with Crippen LogP contribution in [0.4, 0.5) is 10.5 Å². The van der Waals surface area contributed by atoms with Crippen LogP contribution in [0, 0.1) is 6.92 Å². The van der Waals surface area contributed by atoms with Gasteiger partial charge in [-0.1, -0.05) is 0 Å². The SMILES string of the molecule is Cc1ccn(-c2ccc(NC(=O)N3CCN4CCC3C4)cc2)n1. The van der Waals surface area contributed by atoms with Crippen LogP contribution in [-0.2, 0) is 0 Å². The summed E-state index contributed by atoms with van der Waals surface area (Å²) in [5, 5.41) is 7.40. The lowest BCUT2D eigenvalue weighted by Crippen LogP contribution is -2.50. The van der Waals surface area contributed by atoms with Gasteiger partial charge in [-0.3, -0.25) is 4.90 Å². The van der Waals surface area contributed by atoms with Gasteiger partial charge in [-0.15, -0.1) is 0 Å². The molecule has 2 fully saturated rings. The Morgan fingerprint density at radius 1 is 1.17 bits per heavy atom. The first kappa shape index (κ1) is 14.3. The number of benzene rings is 1. The highest BCUT2D eigenvalue weighted by Crippen LogP contribution is 2.22. The predicted molar refractivity (Wildman–Crippen MR) is 88.9 cm³/mol. The molecule has 120 valence electrons. The Hall–Kier alpha value is -2.34. The Kier molecular flexibility index (Phi) is 3.53. The third-order valence-electron chi connectivity index (χ3n) is 4.71. The summed E-state index contributed by atoms with van der Waals surface area (Å²) in [4.78, 5) is 16.9. The monoisotopic (exact) mass is 311 g/mol. The van der Waals surface area contributed by atoms with Crippen LogP contribution >= 0.6 is 0 Å². The maximum atomic E-state index is 12.5. The van der Waals surface area contributed by atoms with Crippen molar-refractivity contribution in [1.82, 2.24) is 19.6 Å². The highest BCUT2D eigenvalue weighted by Gasteiger charge is 2.34. The molecule has 3 heterocycles. The molecule has 1 aromatic carbocycles. The largest absolute Gasteiger partial charge is 0.322 e. The van der Waals surface area contributed by atoms with Crippen molar-refractivity contribution in [2.75, 3.05) is 31.5 Å². The van der Waals surface area contributed by atoms with Crippen LogP contribution in [0.2, 0.25) is 0 Å². The summed E-state index contributed by atoms with van der Waals surface area (Å²) >= 11 is 0. The van der Waals surface area contributed by atoms with Crippen LogP contribution in [-0.4, -0.2) is 57.8 Å². The van der Waals surface area contributed by atoms with Gasteiger partial charge in [-0.2, -0.15) is 5.10 Å². The fourth-order valence-corrected chi connectivity index (χ4v) is 3.42. The lowest BCUT2D eigenvalue weighted by Gasteiger charge is -2.34. The maximum absolute atomic E-state index is 12.5. The minimum atomic E-state index is 0.0132. The van der Waals surface area contributed by atoms with Crippen molar-refractivity contribution in [3.63, 3.8) is 0 Å². The third kappa shape index (κ3) is 2.82. The van der Waals surface area contributed by atoms with Crippen molar-refractivity contribution < 1.29 is 4.79 Å². The van der Waals surface area contributed by atoms with Gasteiger partial charge in [0.15, 0.2) is 0 Å². The summed E-state index contributed by atoms with van der Waals surface area (Å²) in [7, 11) is 0. The quantitative estimate of drug-likeness (QED) is 0.924. The number of piperazine rings is 1. The number of aryl methyl sites for hydroxylation is 1. The number of urea groups is 1. The number of hydrogen-bond acceptors (Lipinski definition) is 3. The number of aromatic nitrogens is 2. The first-order valence-corrected chi connectivity index (χ1v) is 8.12. The summed E-state index contributed by atoms with van der Waals surface area (Å²) < 4.78 is 1.83. The van der Waals surface area contributed by atoms with Gasteiger partial charge in [-0.05, 0) is 43.7 Å². The van der Waals surface area contributed by atoms with Gasteiger partial charge >= 0.3 is 6.03 Å². The van der Waals surface area contributed by atoms with E-state index in [1.807, 2.05) is 53.0 Å². The fourth-order valence-electron chi connectivity index (χ4n) is 3.42. The molecule has 2 aliphatic rings. The molecular formula is C17H21N5O. The molecule has 1 aromatic heterocycles. The van der Waals surface area contributed by atoms with Gasteiger partial charge in [0, 0.05) is 44.1 Å². The van der Waals surface area contributed by atoms with E-state index in [1.165, 1.54) is 0 Å². The van der Waals surface area contributed by atoms with Crippen LogP contribution in [0.1, 0.15) is 12.1 Å². The average molecular weight is 311 g/mol. The highest BCUT2D eigenvalue weighted by atomic mass is 16.2. The second kappa shape index (κ2) is 5.70. The second-order valence-corrected chi connectivity index (χ2v) is 6.32. The summed E-state index contributed by atoms with van der Waals surface area (Å²) in [6.45, 7) is 5.91. The molecule has 2 saturated heterocycles. The van der Waals surface area contributed by atoms with Crippen molar-refractivity contribution in [2.24, 2.45) is 0 Å². The number of fused-ring (bicyclic) bond motifs is 2. The number of carbonyl (C=O) groups is 1. The van der Waals surface area contributed by atoms with Gasteiger partial charge in [0.2, 0.25) is 0 Å². The van der Waals surface area contributed by atoms with E-state index in [0.717, 1.165) is 49.7 Å². The molecule has 2 aromatic rings. The number of carbonyl (C=O) groups excluding carboxylic acids is 1. The van der Waals surface area contributed by atoms with Crippen LogP contribution < -0.4 is 5.32 Å². The molecule has 2 unspecified atom stereocenters. The van der Waals surface area contributed by atoms with E-state index in [9.17, 15) is 4.79 Å². The molecular weight excluding hydrogens is 290 g/mol. The standard InChI is InChI=1S/C17H21N5O/c1-13-6-9-22(19-13)15-4-2-14(3-5-15)18-17(23)21-11-10-20-8-7-16(21)12-20/h2-6,9,16H,7-8,10-12H2,1H3,(H,18,23). The van der Waals surface area contributed by atoms with E-state index in [0.29, 0.717) is 6.04 Å². The van der Waals surface area contributed by atoms with Crippen LogP contribution in [0.25, 0.3) is 5.69 Å². The number of nitrogens with zero attached hydrogens (tertiary/aromatic N) is 4. The van der Waals surface area contributed by atoms with Gasteiger partial charge in [0.25, 0.3) is 0 Å². The molecule has 6 nitrogen and oxygen atoms in total. The number of nitrogens with one attached hydrogen (secondary N) is 1. The number of amides is 2. The van der Waals surface area contributed by atoms with Crippen LogP contribution in [0.15, 0.2) is 36.5 Å².